The first kappa shape index (κ1) is 14.2. The Kier molecular flexibility index (Phi) is 4.50. The second-order valence-corrected chi connectivity index (χ2v) is 5.17. The number of nitrogens with one attached hydrogen (secondary N) is 1. The number of hydrogen-bond donors (Lipinski definition) is 1. The summed E-state index contributed by atoms with van der Waals surface area (Å²) in [6.07, 6.45) is 9.39. The number of nitrogens with zero attached hydrogens (tertiary/aromatic N) is 3. The minimum Gasteiger partial charge on any atom is -0.339 e. The summed E-state index contributed by atoms with van der Waals surface area (Å²) in [5, 5.41) is 0. The highest BCUT2D eigenvalue weighted by Crippen LogP contribution is 2.07. The van der Waals surface area contributed by atoms with Gasteiger partial charge in [-0.05, 0) is 33.6 Å². The van der Waals surface area contributed by atoms with Crippen LogP contribution < -0.4 is 5.56 Å². The Morgan fingerprint density at radius 3 is 2.85 bits per heavy atom. The smallest absolute Gasteiger partial charge is 0.279 e. The van der Waals surface area contributed by atoms with Crippen LogP contribution in [0.2, 0.25) is 0 Å². The van der Waals surface area contributed by atoms with Gasteiger partial charge in [-0.25, -0.2) is 9.97 Å². The molecule has 0 aromatic carbocycles. The van der Waals surface area contributed by atoms with Crippen LogP contribution in [0.1, 0.15) is 33.6 Å². The molecular formula is C15H20N4O. The van der Waals surface area contributed by atoms with E-state index in [4.69, 9.17) is 0 Å². The van der Waals surface area contributed by atoms with Gasteiger partial charge in [-0.1, -0.05) is 23.3 Å². The van der Waals surface area contributed by atoms with Gasteiger partial charge in [0.2, 0.25) is 0 Å². The van der Waals surface area contributed by atoms with Crippen molar-refractivity contribution in [2.75, 3.05) is 0 Å². The molecule has 2 heterocycles. The molecule has 0 unspecified atom stereocenters. The van der Waals surface area contributed by atoms with E-state index in [-0.39, 0.29) is 5.56 Å². The number of hydrogen-bond acceptors (Lipinski definition) is 3. The van der Waals surface area contributed by atoms with Gasteiger partial charge < -0.3 is 4.98 Å². The van der Waals surface area contributed by atoms with Gasteiger partial charge in [-0.2, -0.15) is 0 Å². The molecule has 5 nitrogen and oxygen atoms in total. The monoisotopic (exact) mass is 272 g/mol. The molecule has 0 spiro atoms. The lowest BCUT2D eigenvalue weighted by Crippen LogP contribution is -2.20. The molecule has 20 heavy (non-hydrogen) atoms. The maximum absolute atomic E-state index is 12.1. The van der Waals surface area contributed by atoms with E-state index in [0.717, 1.165) is 12.8 Å². The molecule has 5 heteroatoms. The third kappa shape index (κ3) is 3.44. The second-order valence-electron chi connectivity index (χ2n) is 5.17. The molecule has 2 aromatic rings. The molecule has 0 aliphatic carbocycles. The van der Waals surface area contributed by atoms with E-state index in [1.54, 1.807) is 10.9 Å². The molecule has 0 aliphatic rings. The maximum atomic E-state index is 12.1. The lowest BCUT2D eigenvalue weighted by atomic mass is 10.1. The molecule has 106 valence electrons. The van der Waals surface area contributed by atoms with Crippen LogP contribution in [0, 0.1) is 0 Å². The molecule has 2 aromatic heterocycles. The number of imidazole rings is 1. The number of rotatable bonds is 5. The molecule has 2 rings (SSSR count). The van der Waals surface area contributed by atoms with Gasteiger partial charge in [0.05, 0.1) is 6.33 Å². The summed E-state index contributed by atoms with van der Waals surface area (Å²) < 4.78 is 1.59. The van der Waals surface area contributed by atoms with Crippen molar-refractivity contribution in [2.45, 2.75) is 40.2 Å². The highest BCUT2D eigenvalue weighted by atomic mass is 16.1. The van der Waals surface area contributed by atoms with Gasteiger partial charge in [0, 0.05) is 6.54 Å². The Hall–Kier alpha value is -2.17. The highest BCUT2D eigenvalue weighted by molar-refractivity contribution is 5.67. The Bertz CT molecular complexity index is 702. The molecule has 0 amide bonds. The molecule has 0 saturated heterocycles. The maximum Gasteiger partial charge on any atom is 0.279 e. The van der Waals surface area contributed by atoms with Crippen LogP contribution in [0.25, 0.3) is 11.2 Å². The molecule has 1 N–H and O–H groups in total. The van der Waals surface area contributed by atoms with Gasteiger partial charge in [0.25, 0.3) is 5.56 Å². The van der Waals surface area contributed by atoms with Crippen LogP contribution in [-0.4, -0.2) is 19.5 Å². The van der Waals surface area contributed by atoms with Crippen molar-refractivity contribution < 1.29 is 0 Å². The zero-order chi connectivity index (χ0) is 14.5. The molecule has 0 saturated carbocycles. The van der Waals surface area contributed by atoms with Gasteiger partial charge in [-0.3, -0.25) is 9.36 Å². The lowest BCUT2D eigenvalue weighted by molar-refractivity contribution is 0.755. The third-order valence-corrected chi connectivity index (χ3v) is 3.14. The van der Waals surface area contributed by atoms with E-state index in [9.17, 15) is 4.79 Å². The molecule has 0 bridgehead atoms. The quantitative estimate of drug-likeness (QED) is 0.851. The van der Waals surface area contributed by atoms with Gasteiger partial charge in [0.1, 0.15) is 6.33 Å². The van der Waals surface area contributed by atoms with E-state index >= 15 is 0 Å². The summed E-state index contributed by atoms with van der Waals surface area (Å²) in [6, 6.07) is 0. The number of allylic oxidation sites excluding steroid dienone is 4. The van der Waals surface area contributed by atoms with Crippen molar-refractivity contribution in [1.82, 2.24) is 19.5 Å². The van der Waals surface area contributed by atoms with E-state index in [0.29, 0.717) is 17.7 Å². The van der Waals surface area contributed by atoms with Crippen molar-refractivity contribution in [1.29, 1.82) is 0 Å². The van der Waals surface area contributed by atoms with E-state index in [1.165, 1.54) is 17.5 Å². The number of aromatic nitrogens is 4. The summed E-state index contributed by atoms with van der Waals surface area (Å²) in [5.41, 5.74) is 3.46. The first-order chi connectivity index (χ1) is 9.58. The van der Waals surface area contributed by atoms with Gasteiger partial charge in [-0.15, -0.1) is 0 Å². The van der Waals surface area contributed by atoms with E-state index in [2.05, 4.69) is 47.9 Å². The van der Waals surface area contributed by atoms with Crippen molar-refractivity contribution in [2.24, 2.45) is 0 Å². The summed E-state index contributed by atoms with van der Waals surface area (Å²) in [5.74, 6) is 0. The molecule has 0 radical (unpaired) electrons. The van der Waals surface area contributed by atoms with Crippen LogP contribution in [0.4, 0.5) is 0 Å². The van der Waals surface area contributed by atoms with Crippen molar-refractivity contribution >= 4 is 11.2 Å². The largest absolute Gasteiger partial charge is 0.339 e. The fourth-order valence-corrected chi connectivity index (χ4v) is 1.94. The Labute approximate surface area is 118 Å². The minimum atomic E-state index is -0.0825. The SMILES string of the molecule is CC(C)=CCC/C(C)=C/Cn1cnc2nc[nH]c2c1=O. The number of H-pyrrole nitrogens is 1. The number of fused-ring (bicyclic) bond motifs is 1. The molecule has 0 aliphatic heterocycles. The Balaban J connectivity index is 2.06. The van der Waals surface area contributed by atoms with Crippen LogP contribution in [0.5, 0.6) is 0 Å². The minimum absolute atomic E-state index is 0.0825. The molecule has 0 atom stereocenters. The summed E-state index contributed by atoms with van der Waals surface area (Å²) in [6.45, 7) is 6.83. The molecular weight excluding hydrogens is 252 g/mol. The zero-order valence-corrected chi connectivity index (χ0v) is 12.2. The topological polar surface area (TPSA) is 63.6 Å². The predicted octanol–water partition coefficient (Wildman–Crippen LogP) is 2.81. The third-order valence-electron chi connectivity index (χ3n) is 3.14. The van der Waals surface area contributed by atoms with Crippen molar-refractivity contribution in [3.63, 3.8) is 0 Å². The van der Waals surface area contributed by atoms with Crippen LogP contribution >= 0.6 is 0 Å². The lowest BCUT2D eigenvalue weighted by Gasteiger charge is -2.03. The van der Waals surface area contributed by atoms with Crippen LogP contribution in [-0.2, 0) is 6.54 Å². The Morgan fingerprint density at radius 2 is 2.10 bits per heavy atom. The Morgan fingerprint density at radius 1 is 1.30 bits per heavy atom. The summed E-state index contributed by atoms with van der Waals surface area (Å²) in [7, 11) is 0. The van der Waals surface area contributed by atoms with Crippen molar-refractivity contribution in [3.8, 4) is 0 Å². The average Bonchev–Trinajstić information content (AvgIpc) is 2.86. The van der Waals surface area contributed by atoms with Crippen molar-refractivity contribution in [3.05, 3.63) is 46.3 Å². The normalized spacial score (nSPS) is 11.8. The number of aromatic amines is 1. The standard InChI is InChI=1S/C15H20N4O/c1-11(2)5-4-6-12(3)7-8-19-10-18-14-13(15(19)20)16-9-17-14/h5,7,9-10H,4,6,8H2,1-3H3,(H,16,17)/b12-7+. The predicted molar refractivity (Wildman–Crippen MR) is 80.6 cm³/mol. The second kappa shape index (κ2) is 6.32. The van der Waals surface area contributed by atoms with E-state index in [1.807, 2.05) is 0 Å². The fourth-order valence-electron chi connectivity index (χ4n) is 1.94. The zero-order valence-electron chi connectivity index (χ0n) is 12.2. The van der Waals surface area contributed by atoms with Gasteiger partial charge in [0.15, 0.2) is 11.2 Å². The average molecular weight is 272 g/mol. The summed E-state index contributed by atoms with van der Waals surface area (Å²) in [4.78, 5) is 23.1. The van der Waals surface area contributed by atoms with Gasteiger partial charge >= 0.3 is 0 Å². The molecule has 0 fully saturated rings. The van der Waals surface area contributed by atoms with Crippen LogP contribution in [0.3, 0.4) is 0 Å². The summed E-state index contributed by atoms with van der Waals surface area (Å²) >= 11 is 0. The first-order valence-electron chi connectivity index (χ1n) is 6.75. The fraction of sp³-hybridized carbons (Fsp3) is 0.400. The van der Waals surface area contributed by atoms with E-state index < -0.39 is 0 Å². The first-order valence-corrected chi connectivity index (χ1v) is 6.75. The highest BCUT2D eigenvalue weighted by Gasteiger charge is 2.04. The van der Waals surface area contributed by atoms with Crippen LogP contribution in [0.15, 0.2) is 40.7 Å².